The highest BCUT2D eigenvalue weighted by atomic mass is 16.6. The highest BCUT2D eigenvalue weighted by Crippen LogP contribution is 2.18. The Morgan fingerprint density at radius 3 is 2.67 bits per heavy atom. The Morgan fingerprint density at radius 1 is 1.38 bits per heavy atom. The van der Waals surface area contributed by atoms with Crippen molar-refractivity contribution in [3.8, 4) is 6.07 Å². The summed E-state index contributed by atoms with van der Waals surface area (Å²) in [5.41, 5.74) is 1.26. The molecular weight excluding hydrogens is 310 g/mol. The number of aromatic nitrogens is 1. The molecule has 0 saturated carbocycles. The zero-order chi connectivity index (χ0) is 17.9. The van der Waals surface area contributed by atoms with Crippen LogP contribution < -0.4 is 5.32 Å². The summed E-state index contributed by atoms with van der Waals surface area (Å²) in [7, 11) is 0. The second-order valence-corrected chi connectivity index (χ2v) is 6.46. The van der Waals surface area contributed by atoms with Crippen LogP contribution in [0.2, 0.25) is 0 Å². The summed E-state index contributed by atoms with van der Waals surface area (Å²) >= 11 is 0. The first-order valence-corrected chi connectivity index (χ1v) is 7.42. The van der Waals surface area contributed by atoms with E-state index >= 15 is 0 Å². The molecule has 7 nitrogen and oxygen atoms in total. The summed E-state index contributed by atoms with van der Waals surface area (Å²) in [4.78, 5) is 26.1. The molecule has 1 aromatic carbocycles. The van der Waals surface area contributed by atoms with Gasteiger partial charge in [0.2, 0.25) is 0 Å². The topological polar surface area (TPSA) is 115 Å². The van der Waals surface area contributed by atoms with E-state index in [0.717, 1.165) is 16.5 Å². The third kappa shape index (κ3) is 4.49. The molecule has 3 N–H and O–H groups in total. The van der Waals surface area contributed by atoms with Gasteiger partial charge in [-0.05, 0) is 44.5 Å². The van der Waals surface area contributed by atoms with Gasteiger partial charge < -0.3 is 20.1 Å². The predicted octanol–water partition coefficient (Wildman–Crippen LogP) is 2.56. The number of carboxylic acids is 1. The maximum atomic E-state index is 11.8. The second-order valence-electron chi connectivity index (χ2n) is 6.46. The molecule has 126 valence electrons. The first kappa shape index (κ1) is 17.3. The molecule has 0 aliphatic rings. The lowest BCUT2D eigenvalue weighted by atomic mass is 10.0. The van der Waals surface area contributed by atoms with Gasteiger partial charge in [-0.3, -0.25) is 0 Å². The summed E-state index contributed by atoms with van der Waals surface area (Å²) in [6.45, 7) is 5.11. The van der Waals surface area contributed by atoms with Crippen molar-refractivity contribution in [1.29, 1.82) is 5.26 Å². The number of nitriles is 1. The second kappa shape index (κ2) is 6.62. The molecule has 0 saturated heterocycles. The molecular formula is C17H19N3O4. The Bertz CT molecular complexity index is 811. The normalized spacial score (nSPS) is 12.4. The zero-order valence-corrected chi connectivity index (χ0v) is 13.7. The van der Waals surface area contributed by atoms with Gasteiger partial charge in [0.15, 0.2) is 0 Å². The number of fused-ring (bicyclic) bond motifs is 1. The largest absolute Gasteiger partial charge is 0.480 e. The van der Waals surface area contributed by atoms with Crippen molar-refractivity contribution in [3.05, 3.63) is 35.5 Å². The summed E-state index contributed by atoms with van der Waals surface area (Å²) in [6, 6.07) is 7.93. The van der Waals surface area contributed by atoms with Crippen LogP contribution in [0.3, 0.4) is 0 Å². The number of hydrogen-bond donors (Lipinski definition) is 3. The number of aliphatic carboxylic acids is 1. The number of carbonyl (C=O) groups excluding carboxylic acids is 1. The summed E-state index contributed by atoms with van der Waals surface area (Å²) in [5.74, 6) is -1.15. The number of nitrogens with one attached hydrogen (secondary N) is 2. The third-order valence-electron chi connectivity index (χ3n) is 3.23. The lowest BCUT2D eigenvalue weighted by molar-refractivity contribution is -0.139. The van der Waals surface area contributed by atoms with Crippen LogP contribution in [0.15, 0.2) is 24.3 Å². The van der Waals surface area contributed by atoms with Crippen molar-refractivity contribution in [2.75, 3.05) is 0 Å². The fourth-order valence-electron chi connectivity index (χ4n) is 2.25. The van der Waals surface area contributed by atoms with E-state index in [0.29, 0.717) is 5.69 Å². The molecule has 0 radical (unpaired) electrons. The lowest BCUT2D eigenvalue weighted by Gasteiger charge is -2.22. The van der Waals surface area contributed by atoms with Crippen LogP contribution in [0.5, 0.6) is 0 Å². The van der Waals surface area contributed by atoms with Crippen LogP contribution in [-0.2, 0) is 16.0 Å². The number of aromatic amines is 1. The van der Waals surface area contributed by atoms with E-state index in [1.807, 2.05) is 6.07 Å². The monoisotopic (exact) mass is 329 g/mol. The Hall–Kier alpha value is -3.01. The first-order valence-electron chi connectivity index (χ1n) is 7.42. The molecule has 0 fully saturated rings. The van der Waals surface area contributed by atoms with Crippen molar-refractivity contribution in [2.24, 2.45) is 0 Å². The van der Waals surface area contributed by atoms with Gasteiger partial charge in [-0.15, -0.1) is 0 Å². The lowest BCUT2D eigenvalue weighted by Crippen LogP contribution is -2.44. The van der Waals surface area contributed by atoms with Gasteiger partial charge in [0.05, 0.1) is 0 Å². The average molecular weight is 329 g/mol. The summed E-state index contributed by atoms with van der Waals surface area (Å²) in [6.07, 6.45) is -0.665. The molecule has 0 spiro atoms. The molecule has 7 heteroatoms. The molecule has 0 aliphatic heterocycles. The Kier molecular flexibility index (Phi) is 4.79. The standard InChI is InChI=1S/C17H19N3O4/c1-17(2,3)24-16(23)20-14(15(21)22)7-10-4-5-13-11(6-10)8-12(9-18)19-13/h4-6,8,14,19H,7H2,1-3H3,(H,20,23)(H,21,22). The van der Waals surface area contributed by atoms with Gasteiger partial charge in [0.1, 0.15) is 23.4 Å². The van der Waals surface area contributed by atoms with Crippen LogP contribution >= 0.6 is 0 Å². The minimum Gasteiger partial charge on any atom is -0.480 e. The van der Waals surface area contributed by atoms with E-state index in [1.54, 1.807) is 45.0 Å². The Labute approximate surface area is 139 Å². The van der Waals surface area contributed by atoms with Crippen molar-refractivity contribution in [1.82, 2.24) is 10.3 Å². The van der Waals surface area contributed by atoms with Crippen LogP contribution in [0.4, 0.5) is 4.79 Å². The average Bonchev–Trinajstić information content (AvgIpc) is 2.86. The third-order valence-corrected chi connectivity index (χ3v) is 3.23. The fourth-order valence-corrected chi connectivity index (χ4v) is 2.25. The van der Waals surface area contributed by atoms with Crippen molar-refractivity contribution in [2.45, 2.75) is 38.8 Å². The number of amides is 1. The molecule has 24 heavy (non-hydrogen) atoms. The minimum atomic E-state index is -1.15. The molecule has 2 rings (SSSR count). The molecule has 1 heterocycles. The number of hydrogen-bond acceptors (Lipinski definition) is 4. The van der Waals surface area contributed by atoms with Gasteiger partial charge >= 0.3 is 12.1 Å². The number of nitrogens with zero attached hydrogens (tertiary/aromatic N) is 1. The van der Waals surface area contributed by atoms with E-state index in [4.69, 9.17) is 10.00 Å². The number of carboxylic acid groups (broad SMARTS) is 1. The van der Waals surface area contributed by atoms with Crippen LogP contribution in [0.25, 0.3) is 10.9 Å². The molecule has 0 aliphatic carbocycles. The van der Waals surface area contributed by atoms with E-state index < -0.39 is 23.7 Å². The zero-order valence-electron chi connectivity index (χ0n) is 13.7. The van der Waals surface area contributed by atoms with E-state index in [1.165, 1.54) is 0 Å². The summed E-state index contributed by atoms with van der Waals surface area (Å²) < 4.78 is 5.09. The first-order chi connectivity index (χ1) is 11.2. The van der Waals surface area contributed by atoms with Crippen molar-refractivity contribution >= 4 is 23.0 Å². The van der Waals surface area contributed by atoms with Gasteiger partial charge in [-0.2, -0.15) is 5.26 Å². The van der Waals surface area contributed by atoms with Crippen molar-refractivity contribution in [3.63, 3.8) is 0 Å². The quantitative estimate of drug-likeness (QED) is 0.797. The van der Waals surface area contributed by atoms with Crippen molar-refractivity contribution < 1.29 is 19.4 Å². The number of carbonyl (C=O) groups is 2. The van der Waals surface area contributed by atoms with Crippen LogP contribution in [0, 0.1) is 11.3 Å². The number of benzene rings is 1. The smallest absolute Gasteiger partial charge is 0.408 e. The number of rotatable bonds is 4. The fraction of sp³-hybridized carbons (Fsp3) is 0.353. The van der Waals surface area contributed by atoms with Gasteiger partial charge in [0, 0.05) is 17.3 Å². The highest BCUT2D eigenvalue weighted by Gasteiger charge is 2.24. The maximum Gasteiger partial charge on any atom is 0.408 e. The molecule has 1 amide bonds. The summed E-state index contributed by atoms with van der Waals surface area (Å²) in [5, 5.41) is 21.4. The molecule has 1 atom stereocenters. The van der Waals surface area contributed by atoms with E-state index in [-0.39, 0.29) is 6.42 Å². The molecule has 0 bridgehead atoms. The van der Waals surface area contributed by atoms with Gasteiger partial charge in [0.25, 0.3) is 0 Å². The number of H-pyrrole nitrogens is 1. The van der Waals surface area contributed by atoms with Crippen LogP contribution in [-0.4, -0.2) is 33.8 Å². The van der Waals surface area contributed by atoms with Crippen LogP contribution in [0.1, 0.15) is 32.0 Å². The SMILES string of the molecule is CC(C)(C)OC(=O)NC(Cc1ccc2[nH]c(C#N)cc2c1)C(=O)O. The predicted molar refractivity (Wildman–Crippen MR) is 87.5 cm³/mol. The van der Waals surface area contributed by atoms with Gasteiger partial charge in [-0.1, -0.05) is 6.07 Å². The molecule has 2 aromatic rings. The number of alkyl carbamates (subject to hydrolysis) is 1. The minimum absolute atomic E-state index is 0.109. The Morgan fingerprint density at radius 2 is 2.08 bits per heavy atom. The van der Waals surface area contributed by atoms with Gasteiger partial charge in [-0.25, -0.2) is 9.59 Å². The number of ether oxygens (including phenoxy) is 1. The maximum absolute atomic E-state index is 11.8. The molecule has 1 aromatic heterocycles. The Balaban J connectivity index is 2.14. The van der Waals surface area contributed by atoms with E-state index in [9.17, 15) is 14.7 Å². The molecule has 1 unspecified atom stereocenters. The highest BCUT2D eigenvalue weighted by molar-refractivity contribution is 5.83. The van der Waals surface area contributed by atoms with E-state index in [2.05, 4.69) is 10.3 Å².